The summed E-state index contributed by atoms with van der Waals surface area (Å²) in [4.78, 5) is 26.5. The van der Waals surface area contributed by atoms with Crippen LogP contribution in [0, 0.1) is 0 Å². The average molecular weight is 409 g/mol. The fourth-order valence-electron chi connectivity index (χ4n) is 3.52. The fraction of sp³-hybridized carbons (Fsp3) is 0.348. The van der Waals surface area contributed by atoms with E-state index in [0.717, 1.165) is 22.6 Å². The molecule has 1 aliphatic heterocycles. The van der Waals surface area contributed by atoms with Crippen LogP contribution in [0.3, 0.4) is 0 Å². The van der Waals surface area contributed by atoms with Crippen LogP contribution in [0.5, 0.6) is 11.5 Å². The van der Waals surface area contributed by atoms with Crippen LogP contribution in [0.2, 0.25) is 0 Å². The van der Waals surface area contributed by atoms with Gasteiger partial charge in [0, 0.05) is 25.5 Å². The van der Waals surface area contributed by atoms with Gasteiger partial charge in [-0.25, -0.2) is 5.01 Å². The zero-order valence-electron chi connectivity index (χ0n) is 17.8. The second-order valence-electron chi connectivity index (χ2n) is 7.08. The van der Waals surface area contributed by atoms with Crippen molar-refractivity contribution < 1.29 is 19.1 Å². The number of carbonyl (C=O) groups is 2. The molecule has 0 N–H and O–H groups in total. The molecule has 2 aromatic rings. The van der Waals surface area contributed by atoms with Gasteiger partial charge in [-0.15, -0.1) is 0 Å². The molecule has 1 unspecified atom stereocenters. The quantitative estimate of drug-likeness (QED) is 0.704. The largest absolute Gasteiger partial charge is 0.497 e. The third kappa shape index (κ3) is 4.45. The summed E-state index contributed by atoms with van der Waals surface area (Å²) in [6.45, 7) is 1.74. The van der Waals surface area contributed by atoms with Crippen LogP contribution in [0.1, 0.15) is 36.9 Å². The number of carbonyl (C=O) groups excluding carboxylic acids is 2. The van der Waals surface area contributed by atoms with Crippen LogP contribution >= 0.6 is 0 Å². The molecule has 1 aliphatic rings. The first-order valence-corrected chi connectivity index (χ1v) is 9.89. The van der Waals surface area contributed by atoms with Crippen molar-refractivity contribution in [3.8, 4) is 11.5 Å². The summed E-state index contributed by atoms with van der Waals surface area (Å²) in [5.41, 5.74) is 2.60. The first-order chi connectivity index (χ1) is 14.5. The van der Waals surface area contributed by atoms with E-state index in [4.69, 9.17) is 9.47 Å². The molecule has 2 amide bonds. The average Bonchev–Trinajstić information content (AvgIpc) is 3.23. The van der Waals surface area contributed by atoms with Crippen LogP contribution in [0.4, 0.5) is 0 Å². The van der Waals surface area contributed by atoms with E-state index in [0.29, 0.717) is 18.6 Å². The van der Waals surface area contributed by atoms with Crippen molar-refractivity contribution in [2.45, 2.75) is 25.8 Å². The normalized spacial score (nSPS) is 15.5. The number of para-hydroxylation sites is 1. The predicted molar refractivity (Wildman–Crippen MR) is 115 cm³/mol. The van der Waals surface area contributed by atoms with E-state index in [1.54, 1.807) is 28.2 Å². The highest BCUT2D eigenvalue weighted by molar-refractivity contribution is 6.03. The van der Waals surface area contributed by atoms with Crippen molar-refractivity contribution in [3.63, 3.8) is 0 Å². The van der Waals surface area contributed by atoms with Crippen LogP contribution < -0.4 is 9.47 Å². The molecule has 3 rings (SSSR count). The summed E-state index contributed by atoms with van der Waals surface area (Å²) in [5, 5.41) is 6.13. The van der Waals surface area contributed by atoms with E-state index in [1.807, 2.05) is 48.5 Å². The van der Waals surface area contributed by atoms with Crippen LogP contribution in [0.15, 0.2) is 53.6 Å². The summed E-state index contributed by atoms with van der Waals surface area (Å²) >= 11 is 0. The van der Waals surface area contributed by atoms with Crippen LogP contribution in [-0.4, -0.2) is 55.2 Å². The number of methoxy groups -OCH3 is 2. The summed E-state index contributed by atoms with van der Waals surface area (Å²) in [5.74, 6) is 1.13. The molecule has 0 saturated heterocycles. The molecule has 0 fully saturated rings. The SMILES string of the molecule is CCC(=O)N(C)CC(=O)N1N=C(c2ccc(OC)cc2)CC1c1ccccc1OC. The number of nitrogens with zero attached hydrogens (tertiary/aromatic N) is 3. The zero-order chi connectivity index (χ0) is 21.7. The third-order valence-corrected chi connectivity index (χ3v) is 5.19. The Bertz CT molecular complexity index is 940. The topological polar surface area (TPSA) is 71.4 Å². The Balaban J connectivity index is 1.94. The molecule has 158 valence electrons. The van der Waals surface area contributed by atoms with E-state index >= 15 is 0 Å². The minimum absolute atomic E-state index is 0.0300. The number of ether oxygens (including phenoxy) is 2. The molecule has 30 heavy (non-hydrogen) atoms. The van der Waals surface area contributed by atoms with Crippen molar-refractivity contribution in [2.24, 2.45) is 5.10 Å². The lowest BCUT2D eigenvalue weighted by Gasteiger charge is -2.25. The fourth-order valence-corrected chi connectivity index (χ4v) is 3.52. The van der Waals surface area contributed by atoms with Crippen molar-refractivity contribution in [2.75, 3.05) is 27.8 Å². The number of likely N-dealkylation sites (N-methyl/N-ethyl adjacent to an activating group) is 1. The molecule has 0 spiro atoms. The Morgan fingerprint density at radius 3 is 2.43 bits per heavy atom. The first kappa shape index (κ1) is 21.4. The van der Waals surface area contributed by atoms with E-state index in [-0.39, 0.29) is 24.4 Å². The molecular weight excluding hydrogens is 382 g/mol. The summed E-state index contributed by atoms with van der Waals surface area (Å²) < 4.78 is 10.8. The first-order valence-electron chi connectivity index (χ1n) is 9.89. The highest BCUT2D eigenvalue weighted by Crippen LogP contribution is 2.37. The molecule has 0 radical (unpaired) electrons. The van der Waals surface area contributed by atoms with Crippen molar-refractivity contribution in [1.82, 2.24) is 9.91 Å². The van der Waals surface area contributed by atoms with Gasteiger partial charge in [-0.2, -0.15) is 5.10 Å². The Morgan fingerprint density at radius 2 is 1.80 bits per heavy atom. The minimum Gasteiger partial charge on any atom is -0.497 e. The molecule has 0 aliphatic carbocycles. The van der Waals surface area contributed by atoms with E-state index in [2.05, 4.69) is 5.10 Å². The Labute approximate surface area is 176 Å². The third-order valence-electron chi connectivity index (χ3n) is 5.19. The maximum Gasteiger partial charge on any atom is 0.262 e. The van der Waals surface area contributed by atoms with Gasteiger partial charge in [0.2, 0.25) is 5.91 Å². The number of benzene rings is 2. The number of hydrogen-bond donors (Lipinski definition) is 0. The molecule has 2 aromatic carbocycles. The summed E-state index contributed by atoms with van der Waals surface area (Å²) in [6, 6.07) is 14.9. The minimum atomic E-state index is -0.309. The van der Waals surface area contributed by atoms with Crippen molar-refractivity contribution in [1.29, 1.82) is 0 Å². The smallest absolute Gasteiger partial charge is 0.262 e. The summed E-state index contributed by atoms with van der Waals surface area (Å²) in [7, 11) is 4.86. The van der Waals surface area contributed by atoms with Crippen molar-refractivity contribution in [3.05, 3.63) is 59.7 Å². The highest BCUT2D eigenvalue weighted by Gasteiger charge is 2.35. The Hall–Kier alpha value is -3.35. The number of rotatable bonds is 7. The standard InChI is InChI=1S/C23H27N3O4/c1-5-22(27)25(2)15-23(28)26-20(18-8-6-7-9-21(18)30-4)14-19(24-26)16-10-12-17(29-3)13-11-16/h6-13,20H,5,14-15H2,1-4H3. The number of hydrogen-bond acceptors (Lipinski definition) is 5. The Morgan fingerprint density at radius 1 is 1.10 bits per heavy atom. The lowest BCUT2D eigenvalue weighted by Crippen LogP contribution is -2.39. The van der Waals surface area contributed by atoms with E-state index < -0.39 is 0 Å². The van der Waals surface area contributed by atoms with Gasteiger partial charge in [0.05, 0.1) is 26.0 Å². The lowest BCUT2D eigenvalue weighted by molar-refractivity contribution is -0.140. The molecule has 0 aromatic heterocycles. The lowest BCUT2D eigenvalue weighted by atomic mass is 9.97. The van der Waals surface area contributed by atoms with Gasteiger partial charge in [-0.1, -0.05) is 25.1 Å². The number of amides is 2. The summed E-state index contributed by atoms with van der Waals surface area (Å²) in [6.07, 6.45) is 0.893. The predicted octanol–water partition coefficient (Wildman–Crippen LogP) is 3.25. The Kier molecular flexibility index (Phi) is 6.72. The number of hydrazone groups is 1. The molecule has 0 saturated carbocycles. The second-order valence-corrected chi connectivity index (χ2v) is 7.08. The molecular formula is C23H27N3O4. The van der Waals surface area contributed by atoms with Gasteiger partial charge in [-0.05, 0) is 35.9 Å². The van der Waals surface area contributed by atoms with Crippen LogP contribution in [-0.2, 0) is 9.59 Å². The van der Waals surface area contributed by atoms with Gasteiger partial charge in [0.15, 0.2) is 0 Å². The zero-order valence-corrected chi connectivity index (χ0v) is 17.8. The molecule has 0 bridgehead atoms. The molecule has 7 heteroatoms. The van der Waals surface area contributed by atoms with Gasteiger partial charge in [0.25, 0.3) is 5.91 Å². The van der Waals surface area contributed by atoms with E-state index in [9.17, 15) is 9.59 Å². The van der Waals surface area contributed by atoms with Gasteiger partial charge >= 0.3 is 0 Å². The van der Waals surface area contributed by atoms with Gasteiger partial charge < -0.3 is 14.4 Å². The van der Waals surface area contributed by atoms with Crippen LogP contribution in [0.25, 0.3) is 0 Å². The molecule has 1 heterocycles. The second kappa shape index (κ2) is 9.43. The van der Waals surface area contributed by atoms with Gasteiger partial charge in [-0.3, -0.25) is 9.59 Å². The highest BCUT2D eigenvalue weighted by atomic mass is 16.5. The maximum absolute atomic E-state index is 13.1. The maximum atomic E-state index is 13.1. The van der Waals surface area contributed by atoms with E-state index in [1.165, 1.54) is 9.91 Å². The van der Waals surface area contributed by atoms with Crippen molar-refractivity contribution >= 4 is 17.5 Å². The molecule has 7 nitrogen and oxygen atoms in total. The monoisotopic (exact) mass is 409 g/mol. The molecule has 1 atom stereocenters. The van der Waals surface area contributed by atoms with Gasteiger partial charge in [0.1, 0.15) is 18.0 Å².